The molecular weight excluding hydrogens is 295 g/mol. The van der Waals surface area contributed by atoms with Gasteiger partial charge in [0.1, 0.15) is 17.5 Å². The fraction of sp³-hybridized carbons (Fsp3) is 0.375. The van der Waals surface area contributed by atoms with Crippen LogP contribution < -0.4 is 5.32 Å². The van der Waals surface area contributed by atoms with Crippen LogP contribution in [0.2, 0.25) is 0 Å². The lowest BCUT2D eigenvalue weighted by atomic mass is 10.0. The average Bonchev–Trinajstić information content (AvgIpc) is 2.90. The van der Waals surface area contributed by atoms with Gasteiger partial charge >= 0.3 is 0 Å². The van der Waals surface area contributed by atoms with E-state index in [4.69, 9.17) is 0 Å². The highest BCUT2D eigenvalue weighted by molar-refractivity contribution is 7.12. The maximum absolute atomic E-state index is 14.0. The van der Waals surface area contributed by atoms with Gasteiger partial charge < -0.3 is 5.32 Å². The van der Waals surface area contributed by atoms with Crippen molar-refractivity contribution < 1.29 is 13.2 Å². The summed E-state index contributed by atoms with van der Waals surface area (Å²) in [7, 11) is 0. The Morgan fingerprint density at radius 3 is 2.29 bits per heavy atom. The van der Waals surface area contributed by atoms with Gasteiger partial charge in [-0.2, -0.15) is 0 Å². The second-order valence-corrected chi connectivity index (χ2v) is 6.03. The molecule has 0 radical (unpaired) electrons. The number of rotatable bonds is 6. The fourth-order valence-corrected chi connectivity index (χ4v) is 3.24. The number of benzene rings is 1. The van der Waals surface area contributed by atoms with Crippen molar-refractivity contribution in [2.45, 2.75) is 32.7 Å². The minimum absolute atomic E-state index is 0.116. The predicted octanol–water partition coefficient (Wildman–Crippen LogP) is 4.82. The number of halogens is 3. The van der Waals surface area contributed by atoms with Crippen LogP contribution in [-0.4, -0.2) is 6.54 Å². The molecule has 0 aliphatic heterocycles. The summed E-state index contributed by atoms with van der Waals surface area (Å²) in [5, 5.41) is 3.15. The summed E-state index contributed by atoms with van der Waals surface area (Å²) < 4.78 is 41.2. The minimum atomic E-state index is -0.900. The lowest BCUT2D eigenvalue weighted by molar-refractivity contribution is 0.489. The van der Waals surface area contributed by atoms with Crippen molar-refractivity contribution in [3.8, 4) is 0 Å². The van der Waals surface area contributed by atoms with Gasteiger partial charge in [-0.15, -0.1) is 11.3 Å². The highest BCUT2D eigenvalue weighted by Gasteiger charge is 2.23. The molecule has 21 heavy (non-hydrogen) atoms. The first-order chi connectivity index (χ1) is 10.1. The number of hydrogen-bond acceptors (Lipinski definition) is 2. The molecular formula is C16H18F3NS. The van der Waals surface area contributed by atoms with E-state index in [9.17, 15) is 13.2 Å². The number of hydrogen-bond donors (Lipinski definition) is 1. The molecule has 1 atom stereocenters. The van der Waals surface area contributed by atoms with Crippen LogP contribution >= 0.6 is 11.3 Å². The molecule has 0 saturated carbocycles. The summed E-state index contributed by atoms with van der Waals surface area (Å²) in [5.41, 5.74) is -0.116. The quantitative estimate of drug-likeness (QED) is 0.806. The van der Waals surface area contributed by atoms with Gasteiger partial charge in [0.2, 0.25) is 0 Å². The van der Waals surface area contributed by atoms with E-state index in [-0.39, 0.29) is 5.56 Å². The highest BCUT2D eigenvalue weighted by Crippen LogP contribution is 2.32. The van der Waals surface area contributed by atoms with E-state index < -0.39 is 23.5 Å². The van der Waals surface area contributed by atoms with Crippen LogP contribution in [0.1, 0.15) is 41.6 Å². The third-order valence-electron chi connectivity index (χ3n) is 3.25. The van der Waals surface area contributed by atoms with E-state index in [1.54, 1.807) is 0 Å². The molecule has 1 nitrogen and oxygen atoms in total. The molecule has 2 rings (SSSR count). The van der Waals surface area contributed by atoms with Crippen LogP contribution in [0.25, 0.3) is 0 Å². The fourth-order valence-electron chi connectivity index (χ4n) is 2.20. The molecule has 1 aromatic carbocycles. The first kappa shape index (κ1) is 16.0. The van der Waals surface area contributed by atoms with Gasteiger partial charge in [0.25, 0.3) is 0 Å². The SMILES string of the molecule is CCCNC(c1ccc(CC)s1)c1c(F)cc(F)cc1F. The minimum Gasteiger partial charge on any atom is -0.305 e. The monoisotopic (exact) mass is 313 g/mol. The summed E-state index contributed by atoms with van der Waals surface area (Å²) in [4.78, 5) is 1.99. The highest BCUT2D eigenvalue weighted by atomic mass is 32.1. The van der Waals surface area contributed by atoms with Crippen molar-refractivity contribution in [3.63, 3.8) is 0 Å². The Morgan fingerprint density at radius 1 is 1.10 bits per heavy atom. The Labute approximate surface area is 126 Å². The largest absolute Gasteiger partial charge is 0.305 e. The van der Waals surface area contributed by atoms with Crippen molar-refractivity contribution in [2.75, 3.05) is 6.54 Å². The molecule has 1 N–H and O–H groups in total. The standard InChI is InChI=1S/C16H18F3NS/c1-3-7-20-16(14-6-5-11(4-2)21-14)15-12(18)8-10(17)9-13(15)19/h5-6,8-9,16,20H,3-4,7H2,1-2H3. The Hall–Kier alpha value is -1.33. The van der Waals surface area contributed by atoms with E-state index in [2.05, 4.69) is 5.32 Å². The topological polar surface area (TPSA) is 12.0 Å². The van der Waals surface area contributed by atoms with Crippen molar-refractivity contribution >= 4 is 11.3 Å². The van der Waals surface area contributed by atoms with Gasteiger partial charge in [-0.1, -0.05) is 13.8 Å². The van der Waals surface area contributed by atoms with Gasteiger partial charge in [-0.05, 0) is 31.5 Å². The summed E-state index contributed by atoms with van der Waals surface area (Å²) >= 11 is 1.52. The molecule has 0 spiro atoms. The van der Waals surface area contributed by atoms with Crippen molar-refractivity contribution in [1.82, 2.24) is 5.32 Å². The molecule has 1 aromatic heterocycles. The molecule has 0 aliphatic carbocycles. The summed E-state index contributed by atoms with van der Waals surface area (Å²) in [6, 6.07) is 4.70. The predicted molar refractivity (Wildman–Crippen MR) is 80.1 cm³/mol. The Morgan fingerprint density at radius 2 is 1.76 bits per heavy atom. The molecule has 114 valence electrons. The molecule has 0 saturated heterocycles. The van der Waals surface area contributed by atoms with Gasteiger partial charge in [0.15, 0.2) is 0 Å². The summed E-state index contributed by atoms with van der Waals surface area (Å²) in [5.74, 6) is -2.61. The molecule has 0 aliphatic rings. The van der Waals surface area contributed by atoms with E-state index in [1.807, 2.05) is 26.0 Å². The zero-order valence-corrected chi connectivity index (χ0v) is 12.9. The van der Waals surface area contributed by atoms with Gasteiger partial charge in [0, 0.05) is 27.5 Å². The van der Waals surface area contributed by atoms with Gasteiger partial charge in [-0.3, -0.25) is 0 Å². The van der Waals surface area contributed by atoms with Crippen LogP contribution in [0.3, 0.4) is 0 Å². The van der Waals surface area contributed by atoms with Gasteiger partial charge in [-0.25, -0.2) is 13.2 Å². The Balaban J connectivity index is 2.45. The molecule has 0 amide bonds. The van der Waals surface area contributed by atoms with Crippen molar-refractivity contribution in [1.29, 1.82) is 0 Å². The lowest BCUT2D eigenvalue weighted by Crippen LogP contribution is -2.24. The molecule has 1 unspecified atom stereocenters. The van der Waals surface area contributed by atoms with Crippen LogP contribution in [0.15, 0.2) is 24.3 Å². The zero-order chi connectivity index (χ0) is 15.4. The van der Waals surface area contributed by atoms with Crippen LogP contribution in [0, 0.1) is 17.5 Å². The molecule has 0 fully saturated rings. The van der Waals surface area contributed by atoms with Crippen molar-refractivity contribution in [3.05, 3.63) is 57.0 Å². The average molecular weight is 313 g/mol. The van der Waals surface area contributed by atoms with E-state index in [1.165, 1.54) is 11.3 Å². The zero-order valence-electron chi connectivity index (χ0n) is 12.1. The first-order valence-electron chi connectivity index (χ1n) is 7.03. The van der Waals surface area contributed by atoms with E-state index in [0.717, 1.165) is 34.7 Å². The van der Waals surface area contributed by atoms with Gasteiger partial charge in [0.05, 0.1) is 6.04 Å². The molecule has 2 aromatic rings. The van der Waals surface area contributed by atoms with Crippen LogP contribution in [0.4, 0.5) is 13.2 Å². The third kappa shape index (κ3) is 3.66. The van der Waals surface area contributed by atoms with E-state index >= 15 is 0 Å². The molecule has 5 heteroatoms. The Bertz CT molecular complexity index is 586. The molecule has 0 bridgehead atoms. The maximum Gasteiger partial charge on any atom is 0.134 e. The van der Waals surface area contributed by atoms with Crippen LogP contribution in [-0.2, 0) is 6.42 Å². The second-order valence-electron chi connectivity index (χ2n) is 4.83. The first-order valence-corrected chi connectivity index (χ1v) is 7.84. The maximum atomic E-state index is 14.0. The second kappa shape index (κ2) is 7.09. The normalized spacial score (nSPS) is 12.6. The van der Waals surface area contributed by atoms with Crippen LogP contribution in [0.5, 0.6) is 0 Å². The summed E-state index contributed by atoms with van der Waals surface area (Å²) in [6.07, 6.45) is 1.71. The summed E-state index contributed by atoms with van der Waals surface area (Å²) in [6.45, 7) is 4.64. The van der Waals surface area contributed by atoms with E-state index in [0.29, 0.717) is 6.54 Å². The third-order valence-corrected chi connectivity index (χ3v) is 4.54. The number of thiophene rings is 1. The Kier molecular flexibility index (Phi) is 5.42. The smallest absolute Gasteiger partial charge is 0.134 e. The number of aryl methyl sites for hydroxylation is 1. The number of nitrogens with one attached hydrogen (secondary N) is 1. The molecule has 1 heterocycles. The van der Waals surface area contributed by atoms with Crippen molar-refractivity contribution in [2.24, 2.45) is 0 Å². The lowest BCUT2D eigenvalue weighted by Gasteiger charge is -2.19.